The Morgan fingerprint density at radius 1 is 1.39 bits per heavy atom. The fraction of sp³-hybridized carbons (Fsp3) is 0.118. The van der Waals surface area contributed by atoms with Gasteiger partial charge in [-0.05, 0) is 36.4 Å². The monoisotopic (exact) mass is 307 g/mol. The van der Waals surface area contributed by atoms with Gasteiger partial charge in [-0.3, -0.25) is 4.79 Å². The van der Waals surface area contributed by atoms with Crippen LogP contribution >= 0.6 is 0 Å². The van der Waals surface area contributed by atoms with Crippen LogP contribution in [0.25, 0.3) is 6.08 Å². The molecule has 2 rings (SSSR count). The van der Waals surface area contributed by atoms with Crippen molar-refractivity contribution in [3.8, 4) is 6.07 Å². The first-order valence-corrected chi connectivity index (χ1v) is 6.95. The maximum absolute atomic E-state index is 11.9. The van der Waals surface area contributed by atoms with Gasteiger partial charge in [-0.1, -0.05) is 0 Å². The predicted molar refractivity (Wildman–Crippen MR) is 91.5 cm³/mol. The quantitative estimate of drug-likeness (QED) is 0.506. The summed E-state index contributed by atoms with van der Waals surface area (Å²) in [6.07, 6.45) is 6.50. The van der Waals surface area contributed by atoms with E-state index in [0.29, 0.717) is 16.9 Å². The van der Waals surface area contributed by atoms with Crippen molar-refractivity contribution in [3.63, 3.8) is 0 Å². The number of amides is 1. The predicted octanol–water partition coefficient (Wildman–Crippen LogP) is 2.76. The zero-order valence-electron chi connectivity index (χ0n) is 12.9. The van der Waals surface area contributed by atoms with Gasteiger partial charge in [0.1, 0.15) is 6.07 Å². The normalized spacial score (nSPS) is 10.8. The Bertz CT molecular complexity index is 767. The molecule has 0 saturated heterocycles. The van der Waals surface area contributed by atoms with Crippen molar-refractivity contribution in [2.75, 3.05) is 19.4 Å². The van der Waals surface area contributed by atoms with Crippen LogP contribution in [0.5, 0.6) is 0 Å². The standard InChI is InChI=1S/C17H17N5O/c1-22(2)12-20-16-7-5-15(10-13(16)11-18)21-17(23)8-6-14-4-3-9-19-14/h3-10,12,19H,1-2H3,(H,21,23)/b8-6+,20-12?. The van der Waals surface area contributed by atoms with Crippen molar-refractivity contribution in [1.29, 1.82) is 5.26 Å². The van der Waals surface area contributed by atoms with E-state index in [1.54, 1.807) is 41.7 Å². The van der Waals surface area contributed by atoms with Gasteiger partial charge in [0.05, 0.1) is 17.6 Å². The van der Waals surface area contributed by atoms with Gasteiger partial charge in [0.2, 0.25) is 5.91 Å². The Labute approximate surface area is 134 Å². The van der Waals surface area contributed by atoms with Gasteiger partial charge >= 0.3 is 0 Å². The summed E-state index contributed by atoms with van der Waals surface area (Å²) in [7, 11) is 3.70. The van der Waals surface area contributed by atoms with Crippen molar-refractivity contribution in [1.82, 2.24) is 9.88 Å². The molecule has 23 heavy (non-hydrogen) atoms. The minimum absolute atomic E-state index is 0.270. The van der Waals surface area contributed by atoms with Crippen molar-refractivity contribution in [3.05, 3.63) is 53.9 Å². The minimum Gasteiger partial charge on any atom is -0.369 e. The van der Waals surface area contributed by atoms with E-state index in [2.05, 4.69) is 21.4 Å². The average molecular weight is 307 g/mol. The first-order valence-electron chi connectivity index (χ1n) is 6.95. The van der Waals surface area contributed by atoms with E-state index in [1.807, 2.05) is 26.2 Å². The summed E-state index contributed by atoms with van der Waals surface area (Å²) in [6.45, 7) is 0. The topological polar surface area (TPSA) is 84.3 Å². The molecule has 0 atom stereocenters. The Balaban J connectivity index is 2.09. The first kappa shape index (κ1) is 16.0. The second-order valence-electron chi connectivity index (χ2n) is 5.00. The lowest BCUT2D eigenvalue weighted by Crippen LogP contribution is -2.08. The van der Waals surface area contributed by atoms with Crippen LogP contribution in [0.4, 0.5) is 11.4 Å². The van der Waals surface area contributed by atoms with Gasteiger partial charge in [0.25, 0.3) is 0 Å². The van der Waals surface area contributed by atoms with Crippen LogP contribution < -0.4 is 5.32 Å². The van der Waals surface area contributed by atoms with Gasteiger partial charge in [-0.2, -0.15) is 5.26 Å². The summed E-state index contributed by atoms with van der Waals surface area (Å²) >= 11 is 0. The molecule has 1 aromatic heterocycles. The summed E-state index contributed by atoms with van der Waals surface area (Å²) in [5.74, 6) is -0.270. The molecule has 0 saturated carbocycles. The molecular formula is C17H17N5O. The van der Waals surface area contributed by atoms with Crippen LogP contribution in [0.3, 0.4) is 0 Å². The van der Waals surface area contributed by atoms with Crippen molar-refractivity contribution < 1.29 is 4.79 Å². The molecule has 0 aliphatic carbocycles. The highest BCUT2D eigenvalue weighted by Crippen LogP contribution is 2.22. The van der Waals surface area contributed by atoms with Gasteiger partial charge in [0, 0.05) is 37.7 Å². The third kappa shape index (κ3) is 4.86. The highest BCUT2D eigenvalue weighted by molar-refractivity contribution is 6.02. The molecule has 1 heterocycles. The fourth-order valence-corrected chi connectivity index (χ4v) is 1.79. The third-order valence-electron chi connectivity index (χ3n) is 2.85. The molecule has 1 amide bonds. The number of carbonyl (C=O) groups excluding carboxylic acids is 1. The van der Waals surface area contributed by atoms with Crippen LogP contribution in [0, 0.1) is 11.3 Å². The van der Waals surface area contributed by atoms with Crippen LogP contribution in [-0.2, 0) is 4.79 Å². The molecule has 0 radical (unpaired) electrons. The summed E-state index contributed by atoms with van der Waals surface area (Å²) in [5, 5.41) is 11.9. The molecule has 0 fully saturated rings. The van der Waals surface area contributed by atoms with E-state index < -0.39 is 0 Å². The summed E-state index contributed by atoms with van der Waals surface area (Å²) in [4.78, 5) is 20.8. The maximum Gasteiger partial charge on any atom is 0.248 e. The SMILES string of the molecule is CN(C)C=Nc1ccc(NC(=O)/C=C/c2ccc[nH]2)cc1C#N. The van der Waals surface area contributed by atoms with Crippen LogP contribution in [0.15, 0.2) is 47.6 Å². The molecule has 2 N–H and O–H groups in total. The van der Waals surface area contributed by atoms with Crippen LogP contribution in [0.2, 0.25) is 0 Å². The molecule has 0 spiro atoms. The lowest BCUT2D eigenvalue weighted by atomic mass is 10.1. The number of hydrogen-bond donors (Lipinski definition) is 2. The number of benzene rings is 1. The number of carbonyl (C=O) groups is 1. The van der Waals surface area contributed by atoms with E-state index in [1.165, 1.54) is 6.08 Å². The Kier molecular flexibility index (Phi) is 5.31. The summed E-state index contributed by atoms with van der Waals surface area (Å²) in [5.41, 5.74) is 2.34. The number of aromatic amines is 1. The lowest BCUT2D eigenvalue weighted by molar-refractivity contribution is -0.111. The second kappa shape index (κ2) is 7.61. The summed E-state index contributed by atoms with van der Waals surface area (Å²) in [6, 6.07) is 10.8. The van der Waals surface area contributed by atoms with Crippen LogP contribution in [0.1, 0.15) is 11.3 Å². The van der Waals surface area contributed by atoms with E-state index in [9.17, 15) is 10.1 Å². The number of nitriles is 1. The van der Waals surface area contributed by atoms with Crippen LogP contribution in [-0.4, -0.2) is 36.2 Å². The lowest BCUT2D eigenvalue weighted by Gasteiger charge is -2.06. The second-order valence-corrected chi connectivity index (χ2v) is 5.00. The van der Waals surface area contributed by atoms with Crippen molar-refractivity contribution >= 4 is 29.7 Å². The number of H-pyrrole nitrogens is 1. The average Bonchev–Trinajstić information content (AvgIpc) is 3.05. The van der Waals surface area contributed by atoms with E-state index >= 15 is 0 Å². The number of anilines is 1. The zero-order valence-corrected chi connectivity index (χ0v) is 12.9. The van der Waals surface area contributed by atoms with Crippen molar-refractivity contribution in [2.45, 2.75) is 0 Å². The van der Waals surface area contributed by atoms with Gasteiger partial charge in [0.15, 0.2) is 0 Å². The van der Waals surface area contributed by atoms with Gasteiger partial charge in [-0.15, -0.1) is 0 Å². The Hall–Kier alpha value is -3.33. The number of rotatable bonds is 5. The highest BCUT2D eigenvalue weighted by atomic mass is 16.1. The molecule has 1 aromatic carbocycles. The molecule has 0 aliphatic rings. The molecular weight excluding hydrogens is 290 g/mol. The van der Waals surface area contributed by atoms with E-state index in [-0.39, 0.29) is 5.91 Å². The van der Waals surface area contributed by atoms with Gasteiger partial charge < -0.3 is 15.2 Å². The first-order chi connectivity index (χ1) is 11.1. The number of nitrogens with one attached hydrogen (secondary N) is 2. The molecule has 2 aromatic rings. The number of nitrogens with zero attached hydrogens (tertiary/aromatic N) is 3. The Morgan fingerprint density at radius 2 is 2.22 bits per heavy atom. The molecule has 0 unspecified atom stereocenters. The molecule has 6 heteroatoms. The maximum atomic E-state index is 11.9. The highest BCUT2D eigenvalue weighted by Gasteiger charge is 2.04. The molecule has 0 aliphatic heterocycles. The van der Waals surface area contributed by atoms with E-state index in [0.717, 1.165) is 5.69 Å². The molecule has 116 valence electrons. The number of aromatic nitrogens is 1. The number of hydrogen-bond acceptors (Lipinski definition) is 3. The third-order valence-corrected chi connectivity index (χ3v) is 2.85. The van der Waals surface area contributed by atoms with Crippen molar-refractivity contribution in [2.24, 2.45) is 4.99 Å². The Morgan fingerprint density at radius 3 is 2.87 bits per heavy atom. The smallest absolute Gasteiger partial charge is 0.248 e. The fourth-order valence-electron chi connectivity index (χ4n) is 1.79. The largest absolute Gasteiger partial charge is 0.369 e. The molecule has 6 nitrogen and oxygen atoms in total. The van der Waals surface area contributed by atoms with Gasteiger partial charge in [-0.25, -0.2) is 4.99 Å². The zero-order chi connectivity index (χ0) is 16.7. The summed E-state index contributed by atoms with van der Waals surface area (Å²) < 4.78 is 0. The number of aliphatic imine (C=N–C) groups is 1. The minimum atomic E-state index is -0.270. The van der Waals surface area contributed by atoms with E-state index in [4.69, 9.17) is 0 Å². The molecule has 0 bridgehead atoms.